The van der Waals surface area contributed by atoms with Crippen LogP contribution in [0, 0.1) is 0 Å². The molecular weight excluding hydrogens is 158 g/mol. The van der Waals surface area contributed by atoms with Gasteiger partial charge in [-0.05, 0) is 6.42 Å². The van der Waals surface area contributed by atoms with E-state index >= 15 is 0 Å². The molecule has 0 saturated carbocycles. The number of nitrogens with zero attached hydrogens (tertiary/aromatic N) is 1. The standard InChI is InChI=1S/C7H15NO2Si/c1-3-4-5-6(8-11)7(9)10-2/h6H,3-5,11H2,1-2H3/t6-/m0/s1. The molecule has 0 spiro atoms. The van der Waals surface area contributed by atoms with Crippen LogP contribution in [0.2, 0.25) is 0 Å². The smallest absolute Gasteiger partial charge is 0.329 e. The van der Waals surface area contributed by atoms with Crippen LogP contribution < -0.4 is 0 Å². The largest absolute Gasteiger partial charge is 0.467 e. The minimum Gasteiger partial charge on any atom is -0.467 e. The van der Waals surface area contributed by atoms with E-state index in [-0.39, 0.29) is 12.0 Å². The van der Waals surface area contributed by atoms with E-state index in [1.54, 1.807) is 0 Å². The first-order valence-corrected chi connectivity index (χ1v) is 4.43. The third-order valence-corrected chi connectivity index (χ3v) is 1.97. The first-order chi connectivity index (χ1) is 5.26. The number of methoxy groups -OCH3 is 1. The molecule has 3 nitrogen and oxygen atoms in total. The van der Waals surface area contributed by atoms with Crippen LogP contribution in [0.1, 0.15) is 26.2 Å². The van der Waals surface area contributed by atoms with Crippen molar-refractivity contribution in [1.29, 1.82) is 0 Å². The number of rotatable bonds is 5. The number of carbonyl (C=O) groups is 1. The van der Waals surface area contributed by atoms with E-state index in [1.807, 2.05) is 0 Å². The molecule has 0 rings (SSSR count). The summed E-state index contributed by atoms with van der Waals surface area (Å²) in [5.74, 6) is -0.214. The Labute approximate surface area is 70.3 Å². The van der Waals surface area contributed by atoms with Crippen molar-refractivity contribution in [3.63, 3.8) is 0 Å². The molecular formula is C7H15NO2Si. The number of unbranched alkanes of at least 4 members (excludes halogenated alkanes) is 1. The van der Waals surface area contributed by atoms with Gasteiger partial charge in [0.05, 0.1) is 17.1 Å². The molecule has 0 aliphatic heterocycles. The van der Waals surface area contributed by atoms with Crippen molar-refractivity contribution < 1.29 is 9.53 Å². The van der Waals surface area contributed by atoms with E-state index in [9.17, 15) is 4.79 Å². The molecule has 0 aromatic carbocycles. The Morgan fingerprint density at radius 3 is 2.73 bits per heavy atom. The maximum Gasteiger partial charge on any atom is 0.329 e. The summed E-state index contributed by atoms with van der Waals surface area (Å²) in [5, 5.41) is 0. The van der Waals surface area contributed by atoms with E-state index in [0.717, 1.165) is 19.3 Å². The van der Waals surface area contributed by atoms with E-state index in [0.29, 0.717) is 0 Å². The molecule has 1 atom stereocenters. The van der Waals surface area contributed by atoms with Crippen LogP contribution in [0.3, 0.4) is 0 Å². The SMILES string of the molecule is CCCC[C@H](N=[SiH2])C(=O)OC. The summed E-state index contributed by atoms with van der Waals surface area (Å²) in [6.45, 7) is 2.09. The summed E-state index contributed by atoms with van der Waals surface area (Å²) < 4.78 is 8.52. The van der Waals surface area contributed by atoms with Crippen LogP contribution in [0.25, 0.3) is 0 Å². The molecule has 0 saturated heterocycles. The highest BCUT2D eigenvalue weighted by Gasteiger charge is 2.14. The van der Waals surface area contributed by atoms with Gasteiger partial charge in [-0.25, -0.2) is 4.79 Å². The summed E-state index contributed by atoms with van der Waals surface area (Å²) >= 11 is 0. The van der Waals surface area contributed by atoms with Gasteiger partial charge in [0.2, 0.25) is 0 Å². The summed E-state index contributed by atoms with van der Waals surface area (Å²) in [6, 6.07) is -0.238. The Morgan fingerprint density at radius 2 is 2.36 bits per heavy atom. The number of hydrogen-bond acceptors (Lipinski definition) is 3. The molecule has 64 valence electrons. The predicted octanol–water partition coefficient (Wildman–Crippen LogP) is 0.535. The zero-order valence-corrected chi connectivity index (χ0v) is 8.58. The highest BCUT2D eigenvalue weighted by molar-refractivity contribution is 5.94. The van der Waals surface area contributed by atoms with Gasteiger partial charge in [0.15, 0.2) is 0 Å². The highest BCUT2D eigenvalue weighted by atomic mass is 28.1. The molecule has 0 bridgehead atoms. The van der Waals surface area contributed by atoms with Crippen LogP contribution in [0.15, 0.2) is 4.63 Å². The first-order valence-electron chi connectivity index (χ1n) is 3.79. The second-order valence-electron chi connectivity index (χ2n) is 2.36. The fourth-order valence-electron chi connectivity index (χ4n) is 0.817. The average molecular weight is 173 g/mol. The summed E-state index contributed by atoms with van der Waals surface area (Å²) in [6.07, 6.45) is 2.93. The fraction of sp³-hybridized carbons (Fsp3) is 0.857. The third kappa shape index (κ3) is 4.03. The number of carbonyl (C=O) groups excluding carboxylic acids is 1. The van der Waals surface area contributed by atoms with Gasteiger partial charge in [-0.3, -0.25) is 0 Å². The maximum absolute atomic E-state index is 10.9. The lowest BCUT2D eigenvalue weighted by Crippen LogP contribution is -2.19. The molecule has 0 N–H and O–H groups in total. The van der Waals surface area contributed by atoms with Crippen LogP contribution in [-0.2, 0) is 9.53 Å². The molecule has 0 fully saturated rings. The van der Waals surface area contributed by atoms with Crippen molar-refractivity contribution in [2.45, 2.75) is 32.2 Å². The van der Waals surface area contributed by atoms with E-state index in [4.69, 9.17) is 0 Å². The van der Waals surface area contributed by atoms with Gasteiger partial charge in [-0.2, -0.15) is 0 Å². The van der Waals surface area contributed by atoms with Crippen molar-refractivity contribution in [1.82, 2.24) is 0 Å². The molecule has 0 aliphatic rings. The molecule has 0 amide bonds. The Hall–Kier alpha value is -0.513. The Morgan fingerprint density at radius 1 is 1.73 bits per heavy atom. The highest BCUT2D eigenvalue weighted by Crippen LogP contribution is 2.04. The normalized spacial score (nSPS) is 12.2. The second kappa shape index (κ2) is 6.21. The molecule has 4 heteroatoms. The summed E-state index contributed by atoms with van der Waals surface area (Å²) in [4.78, 5) is 10.9. The van der Waals surface area contributed by atoms with Gasteiger partial charge in [0.1, 0.15) is 6.04 Å². The van der Waals surface area contributed by atoms with E-state index in [2.05, 4.69) is 16.3 Å². The minimum atomic E-state index is -0.238. The lowest BCUT2D eigenvalue weighted by molar-refractivity contribution is -0.142. The topological polar surface area (TPSA) is 38.7 Å². The number of esters is 1. The summed E-state index contributed by atoms with van der Waals surface area (Å²) in [7, 11) is 2.86. The molecule has 11 heavy (non-hydrogen) atoms. The molecule has 0 aromatic heterocycles. The van der Waals surface area contributed by atoms with Gasteiger partial charge >= 0.3 is 5.97 Å². The first kappa shape index (κ1) is 10.5. The lowest BCUT2D eigenvalue weighted by atomic mass is 10.1. The average Bonchev–Trinajstić information content (AvgIpc) is 2.05. The second-order valence-corrected chi connectivity index (χ2v) is 2.73. The van der Waals surface area contributed by atoms with Crippen molar-refractivity contribution in [2.24, 2.45) is 4.63 Å². The van der Waals surface area contributed by atoms with Gasteiger partial charge in [-0.1, -0.05) is 19.8 Å². The lowest BCUT2D eigenvalue weighted by Gasteiger charge is -2.07. The Balaban J connectivity index is 3.74. The van der Waals surface area contributed by atoms with Crippen molar-refractivity contribution in [2.75, 3.05) is 7.11 Å². The van der Waals surface area contributed by atoms with Gasteiger partial charge in [-0.15, -0.1) is 0 Å². The quantitative estimate of drug-likeness (QED) is 0.449. The number of ether oxygens (including phenoxy) is 1. The van der Waals surface area contributed by atoms with Crippen LogP contribution in [-0.4, -0.2) is 29.2 Å². The molecule has 0 aliphatic carbocycles. The van der Waals surface area contributed by atoms with Gasteiger partial charge < -0.3 is 9.37 Å². The van der Waals surface area contributed by atoms with Crippen LogP contribution in [0.4, 0.5) is 0 Å². The molecule has 0 radical (unpaired) electrons. The Kier molecular flexibility index (Phi) is 5.92. The molecule has 0 unspecified atom stereocenters. The Bertz CT molecular complexity index is 138. The van der Waals surface area contributed by atoms with Gasteiger partial charge in [0.25, 0.3) is 0 Å². The van der Waals surface area contributed by atoms with Crippen molar-refractivity contribution in [3.05, 3.63) is 0 Å². The molecule has 0 aromatic rings. The minimum absolute atomic E-state index is 0.214. The van der Waals surface area contributed by atoms with E-state index in [1.165, 1.54) is 17.1 Å². The fourth-order valence-corrected chi connectivity index (χ4v) is 1.15. The monoisotopic (exact) mass is 173 g/mol. The third-order valence-electron chi connectivity index (χ3n) is 1.52. The predicted molar refractivity (Wildman–Crippen MR) is 46.3 cm³/mol. The maximum atomic E-state index is 10.9. The summed E-state index contributed by atoms with van der Waals surface area (Å²) in [5.41, 5.74) is 0. The molecule has 0 heterocycles. The van der Waals surface area contributed by atoms with Crippen LogP contribution >= 0.6 is 0 Å². The van der Waals surface area contributed by atoms with E-state index < -0.39 is 0 Å². The zero-order chi connectivity index (χ0) is 8.69. The van der Waals surface area contributed by atoms with Gasteiger partial charge in [0, 0.05) is 0 Å². The van der Waals surface area contributed by atoms with Crippen LogP contribution in [0.5, 0.6) is 0 Å². The van der Waals surface area contributed by atoms with Crippen molar-refractivity contribution >= 4 is 16.0 Å². The zero-order valence-electron chi connectivity index (χ0n) is 7.17. The number of hydrogen-bond donors (Lipinski definition) is 0. The van der Waals surface area contributed by atoms with Crippen molar-refractivity contribution in [3.8, 4) is 0 Å².